The molecule has 2 nitrogen and oxygen atoms in total. The Balaban J connectivity index is 2.03. The molecule has 1 heterocycles. The number of thiazole rings is 1. The zero-order valence-corrected chi connectivity index (χ0v) is 12.9. The van der Waals surface area contributed by atoms with E-state index in [0.717, 1.165) is 20.7 Å². The summed E-state index contributed by atoms with van der Waals surface area (Å²) in [5.41, 5.74) is 1.70. The molecule has 0 fully saturated rings. The summed E-state index contributed by atoms with van der Waals surface area (Å²) in [4.78, 5) is 16.2. The van der Waals surface area contributed by atoms with E-state index in [2.05, 4.69) is 20.9 Å². The van der Waals surface area contributed by atoms with Gasteiger partial charge in [0.05, 0.1) is 10.7 Å². The molecule has 0 unspecified atom stereocenters. The SMILES string of the molecule is Cc1nc(CC(=O)Cc2ccc(Br)cc2Cl)cs1. The second-order valence-electron chi connectivity index (χ2n) is 3.99. The van der Waals surface area contributed by atoms with Gasteiger partial charge in [-0.2, -0.15) is 0 Å². The number of carbonyl (C=O) groups excluding carboxylic acids is 1. The van der Waals surface area contributed by atoms with Gasteiger partial charge in [0.1, 0.15) is 5.78 Å². The maximum Gasteiger partial charge on any atom is 0.143 e. The van der Waals surface area contributed by atoms with Crippen LogP contribution in [0.5, 0.6) is 0 Å². The molecule has 0 saturated heterocycles. The highest BCUT2D eigenvalue weighted by atomic mass is 79.9. The first kappa shape index (κ1) is 13.7. The van der Waals surface area contributed by atoms with E-state index in [9.17, 15) is 4.79 Å². The normalized spacial score (nSPS) is 10.6. The monoisotopic (exact) mass is 343 g/mol. The number of nitrogens with zero attached hydrogens (tertiary/aromatic N) is 1. The Bertz CT molecular complexity index is 582. The standard InChI is InChI=1S/C13H11BrClNOS/c1-8-16-11(7-18-8)6-12(17)4-9-2-3-10(14)5-13(9)15/h2-3,5,7H,4,6H2,1H3. The molecular weight excluding hydrogens is 334 g/mol. The van der Waals surface area contributed by atoms with E-state index in [4.69, 9.17) is 11.6 Å². The minimum Gasteiger partial charge on any atom is -0.299 e. The molecule has 0 amide bonds. The number of benzene rings is 1. The maximum atomic E-state index is 11.9. The Labute approximate surface area is 123 Å². The van der Waals surface area contributed by atoms with Crippen molar-refractivity contribution in [1.29, 1.82) is 0 Å². The largest absolute Gasteiger partial charge is 0.299 e. The second-order valence-corrected chi connectivity index (χ2v) is 6.37. The van der Waals surface area contributed by atoms with E-state index >= 15 is 0 Å². The van der Waals surface area contributed by atoms with Crippen molar-refractivity contribution in [2.24, 2.45) is 0 Å². The van der Waals surface area contributed by atoms with Crippen molar-refractivity contribution >= 4 is 44.7 Å². The molecule has 0 aliphatic heterocycles. The van der Waals surface area contributed by atoms with Gasteiger partial charge in [0.15, 0.2) is 0 Å². The van der Waals surface area contributed by atoms with Crippen molar-refractivity contribution in [3.8, 4) is 0 Å². The Kier molecular flexibility index (Phi) is 4.54. The zero-order valence-electron chi connectivity index (χ0n) is 9.74. The van der Waals surface area contributed by atoms with E-state index < -0.39 is 0 Å². The van der Waals surface area contributed by atoms with Crippen LogP contribution >= 0.6 is 38.9 Å². The highest BCUT2D eigenvalue weighted by Crippen LogP contribution is 2.22. The lowest BCUT2D eigenvalue weighted by Gasteiger charge is -2.03. The van der Waals surface area contributed by atoms with Crippen molar-refractivity contribution in [1.82, 2.24) is 4.98 Å². The molecule has 1 aromatic heterocycles. The van der Waals surface area contributed by atoms with Crippen LogP contribution in [0.1, 0.15) is 16.3 Å². The molecule has 0 N–H and O–H groups in total. The van der Waals surface area contributed by atoms with Gasteiger partial charge in [0.25, 0.3) is 0 Å². The van der Waals surface area contributed by atoms with Gasteiger partial charge in [-0.1, -0.05) is 33.6 Å². The summed E-state index contributed by atoms with van der Waals surface area (Å²) in [7, 11) is 0. The lowest BCUT2D eigenvalue weighted by Crippen LogP contribution is -2.07. The minimum absolute atomic E-state index is 0.129. The molecular formula is C13H11BrClNOS. The summed E-state index contributed by atoms with van der Waals surface area (Å²) in [6.45, 7) is 1.93. The molecule has 0 aliphatic rings. The Morgan fingerprint density at radius 2 is 2.22 bits per heavy atom. The number of rotatable bonds is 4. The van der Waals surface area contributed by atoms with Crippen molar-refractivity contribution in [2.75, 3.05) is 0 Å². The summed E-state index contributed by atoms with van der Waals surface area (Å²) in [5, 5.41) is 3.53. The van der Waals surface area contributed by atoms with Gasteiger partial charge in [-0.25, -0.2) is 4.98 Å². The molecule has 1 aromatic carbocycles. The van der Waals surface area contributed by atoms with E-state index in [1.54, 1.807) is 17.4 Å². The van der Waals surface area contributed by atoms with E-state index in [-0.39, 0.29) is 5.78 Å². The predicted molar refractivity (Wildman–Crippen MR) is 78.4 cm³/mol. The first-order valence-corrected chi connectivity index (χ1v) is 7.46. The van der Waals surface area contributed by atoms with E-state index in [1.807, 2.05) is 24.4 Å². The van der Waals surface area contributed by atoms with Crippen LogP contribution in [-0.2, 0) is 17.6 Å². The van der Waals surface area contributed by atoms with Gasteiger partial charge in [-0.05, 0) is 24.6 Å². The van der Waals surface area contributed by atoms with Gasteiger partial charge < -0.3 is 0 Å². The van der Waals surface area contributed by atoms with E-state index in [1.165, 1.54) is 0 Å². The predicted octanol–water partition coefficient (Wildman–Crippen LogP) is 4.22. The third-order valence-electron chi connectivity index (χ3n) is 2.45. The first-order chi connectivity index (χ1) is 8.54. The van der Waals surface area contributed by atoms with Gasteiger partial charge in [-0.3, -0.25) is 4.79 Å². The van der Waals surface area contributed by atoms with Gasteiger partial charge >= 0.3 is 0 Å². The van der Waals surface area contributed by atoms with Crippen LogP contribution in [0.3, 0.4) is 0 Å². The second kappa shape index (κ2) is 5.95. The lowest BCUT2D eigenvalue weighted by atomic mass is 10.1. The molecule has 94 valence electrons. The van der Waals surface area contributed by atoms with Crippen LogP contribution in [0.15, 0.2) is 28.1 Å². The Hall–Kier alpha value is -0.710. The van der Waals surface area contributed by atoms with Crippen LogP contribution in [0, 0.1) is 6.92 Å². The topological polar surface area (TPSA) is 30.0 Å². The Morgan fingerprint density at radius 1 is 1.44 bits per heavy atom. The van der Waals surface area contributed by atoms with Gasteiger partial charge in [0, 0.05) is 27.7 Å². The molecule has 0 saturated carbocycles. The Morgan fingerprint density at radius 3 is 2.83 bits per heavy atom. The summed E-state index contributed by atoms with van der Waals surface area (Å²) >= 11 is 11.0. The number of aryl methyl sites for hydroxylation is 1. The lowest BCUT2D eigenvalue weighted by molar-refractivity contribution is -0.117. The fourth-order valence-corrected chi connectivity index (χ4v) is 2.98. The zero-order chi connectivity index (χ0) is 13.1. The number of Topliss-reactive ketones (excluding diaryl/α,β-unsaturated/α-hetero) is 1. The number of carbonyl (C=O) groups is 1. The molecule has 2 rings (SSSR count). The number of hydrogen-bond donors (Lipinski definition) is 0. The fourth-order valence-electron chi connectivity index (χ4n) is 1.63. The number of ketones is 1. The van der Waals surface area contributed by atoms with Crippen LogP contribution in [0.4, 0.5) is 0 Å². The number of hydrogen-bond acceptors (Lipinski definition) is 3. The van der Waals surface area contributed by atoms with Gasteiger partial charge in [-0.15, -0.1) is 11.3 Å². The average molecular weight is 345 g/mol. The van der Waals surface area contributed by atoms with Crippen molar-refractivity contribution in [2.45, 2.75) is 19.8 Å². The quantitative estimate of drug-likeness (QED) is 0.831. The molecule has 5 heteroatoms. The molecule has 0 atom stereocenters. The highest BCUT2D eigenvalue weighted by Gasteiger charge is 2.10. The van der Waals surface area contributed by atoms with E-state index in [0.29, 0.717) is 17.9 Å². The first-order valence-electron chi connectivity index (χ1n) is 5.41. The molecule has 0 bridgehead atoms. The number of aromatic nitrogens is 1. The van der Waals surface area contributed by atoms with Crippen LogP contribution in [0.2, 0.25) is 5.02 Å². The highest BCUT2D eigenvalue weighted by molar-refractivity contribution is 9.10. The van der Waals surface area contributed by atoms with Gasteiger partial charge in [0.2, 0.25) is 0 Å². The summed E-state index contributed by atoms with van der Waals surface area (Å²) in [6, 6.07) is 5.56. The van der Waals surface area contributed by atoms with Crippen LogP contribution < -0.4 is 0 Å². The summed E-state index contributed by atoms with van der Waals surface area (Å²) in [5.74, 6) is 0.129. The van der Waals surface area contributed by atoms with Crippen molar-refractivity contribution in [3.05, 3.63) is 49.3 Å². The molecule has 0 radical (unpaired) electrons. The summed E-state index contributed by atoms with van der Waals surface area (Å²) in [6.07, 6.45) is 0.722. The minimum atomic E-state index is 0.129. The number of halogens is 2. The third-order valence-corrected chi connectivity index (χ3v) is 4.12. The smallest absolute Gasteiger partial charge is 0.143 e. The molecule has 0 aliphatic carbocycles. The fraction of sp³-hybridized carbons (Fsp3) is 0.231. The molecule has 2 aromatic rings. The average Bonchev–Trinajstić information content (AvgIpc) is 2.68. The van der Waals surface area contributed by atoms with Crippen molar-refractivity contribution < 1.29 is 4.79 Å². The maximum absolute atomic E-state index is 11.9. The van der Waals surface area contributed by atoms with Crippen molar-refractivity contribution in [3.63, 3.8) is 0 Å². The third kappa shape index (κ3) is 3.64. The molecule has 0 spiro atoms. The molecule has 18 heavy (non-hydrogen) atoms. The van der Waals surface area contributed by atoms with Crippen LogP contribution in [0.25, 0.3) is 0 Å². The van der Waals surface area contributed by atoms with Crippen LogP contribution in [-0.4, -0.2) is 10.8 Å². The summed E-state index contributed by atoms with van der Waals surface area (Å²) < 4.78 is 0.916.